The summed E-state index contributed by atoms with van der Waals surface area (Å²) in [6, 6.07) is 7.68. The summed E-state index contributed by atoms with van der Waals surface area (Å²) in [4.78, 5) is 0. The van der Waals surface area contributed by atoms with Crippen molar-refractivity contribution in [1.29, 1.82) is 5.26 Å². The molecule has 1 heterocycles. The Morgan fingerprint density at radius 3 is 2.94 bits per heavy atom. The highest BCUT2D eigenvalue weighted by Crippen LogP contribution is 2.22. The maximum atomic E-state index is 8.45. The third kappa shape index (κ3) is 2.72. The molecule has 0 bridgehead atoms. The number of nitrogens with zero attached hydrogens (tertiary/aromatic N) is 2. The van der Waals surface area contributed by atoms with Gasteiger partial charge in [0.25, 0.3) is 6.26 Å². The van der Waals surface area contributed by atoms with Crippen LogP contribution in [-0.2, 0) is 6.54 Å². The summed E-state index contributed by atoms with van der Waals surface area (Å²) < 4.78 is 6.99. The van der Waals surface area contributed by atoms with Gasteiger partial charge in [0.15, 0.2) is 0 Å². The lowest BCUT2D eigenvalue weighted by Gasteiger charge is -2.04. The van der Waals surface area contributed by atoms with Gasteiger partial charge in [0.2, 0.25) is 0 Å². The molecule has 0 aliphatic heterocycles. The molecule has 88 valence electrons. The van der Waals surface area contributed by atoms with Crippen LogP contribution in [0.3, 0.4) is 0 Å². The SMILES string of the molecule is N#COc1ccc2c(ccn2CCCCCl)c1. The fourth-order valence-corrected chi connectivity index (χ4v) is 2.06. The first kappa shape index (κ1) is 11.8. The van der Waals surface area contributed by atoms with Crippen molar-refractivity contribution in [3.63, 3.8) is 0 Å². The molecule has 0 N–H and O–H groups in total. The van der Waals surface area contributed by atoms with Gasteiger partial charge in [-0.25, -0.2) is 0 Å². The van der Waals surface area contributed by atoms with Crippen LogP contribution in [0, 0.1) is 11.5 Å². The van der Waals surface area contributed by atoms with Crippen LogP contribution in [0.1, 0.15) is 12.8 Å². The van der Waals surface area contributed by atoms with Crippen LogP contribution in [0.25, 0.3) is 10.9 Å². The monoisotopic (exact) mass is 248 g/mol. The van der Waals surface area contributed by atoms with Gasteiger partial charge in [-0.05, 0) is 37.1 Å². The molecule has 0 aliphatic carbocycles. The largest absolute Gasteiger partial charge is 0.388 e. The summed E-state index contributed by atoms with van der Waals surface area (Å²) in [5.41, 5.74) is 1.16. The van der Waals surface area contributed by atoms with Gasteiger partial charge in [-0.3, -0.25) is 0 Å². The van der Waals surface area contributed by atoms with E-state index in [1.165, 1.54) is 0 Å². The average Bonchev–Trinajstić information content (AvgIpc) is 2.73. The highest BCUT2D eigenvalue weighted by Gasteiger charge is 2.02. The first-order chi connectivity index (χ1) is 8.35. The maximum absolute atomic E-state index is 8.45. The Bertz CT molecular complexity index is 542. The standard InChI is InChI=1S/C13H13ClN2O/c14-6-1-2-7-16-8-5-11-9-12(17-10-15)3-4-13(11)16/h3-5,8-9H,1-2,6-7H2. The molecule has 0 unspecified atom stereocenters. The molecule has 0 saturated heterocycles. The maximum Gasteiger partial charge on any atom is 0.292 e. The third-order valence-corrected chi connectivity index (χ3v) is 2.96. The van der Waals surface area contributed by atoms with Crippen LogP contribution >= 0.6 is 11.6 Å². The number of halogens is 1. The predicted octanol–water partition coefficient (Wildman–Crippen LogP) is 3.52. The summed E-state index contributed by atoms with van der Waals surface area (Å²) in [7, 11) is 0. The Morgan fingerprint density at radius 2 is 2.18 bits per heavy atom. The summed E-state index contributed by atoms with van der Waals surface area (Å²) in [5, 5.41) is 9.54. The summed E-state index contributed by atoms with van der Waals surface area (Å²) in [6.07, 6.45) is 5.82. The van der Waals surface area contributed by atoms with Gasteiger partial charge in [-0.2, -0.15) is 0 Å². The predicted molar refractivity (Wildman–Crippen MR) is 68.1 cm³/mol. The van der Waals surface area contributed by atoms with E-state index in [0.717, 1.165) is 30.3 Å². The number of alkyl halides is 1. The topological polar surface area (TPSA) is 37.9 Å². The molecule has 17 heavy (non-hydrogen) atoms. The van der Waals surface area contributed by atoms with Gasteiger partial charge in [-0.1, -0.05) is 0 Å². The molecule has 1 aromatic heterocycles. The van der Waals surface area contributed by atoms with Gasteiger partial charge >= 0.3 is 0 Å². The van der Waals surface area contributed by atoms with Gasteiger partial charge in [0.1, 0.15) is 5.75 Å². The van der Waals surface area contributed by atoms with Crippen LogP contribution in [-0.4, -0.2) is 10.4 Å². The van der Waals surface area contributed by atoms with Gasteiger partial charge < -0.3 is 9.30 Å². The van der Waals surface area contributed by atoms with Crippen molar-refractivity contribution in [2.24, 2.45) is 0 Å². The second-order valence-corrected chi connectivity index (χ2v) is 4.20. The lowest BCUT2D eigenvalue weighted by atomic mass is 10.2. The van der Waals surface area contributed by atoms with E-state index < -0.39 is 0 Å². The highest BCUT2D eigenvalue weighted by molar-refractivity contribution is 6.17. The van der Waals surface area contributed by atoms with E-state index in [4.69, 9.17) is 21.6 Å². The molecule has 4 heteroatoms. The lowest BCUT2D eigenvalue weighted by Crippen LogP contribution is -1.96. The second-order valence-electron chi connectivity index (χ2n) is 3.82. The number of hydrogen-bond acceptors (Lipinski definition) is 2. The van der Waals surface area contributed by atoms with Crippen LogP contribution in [0.15, 0.2) is 30.5 Å². The van der Waals surface area contributed by atoms with Crippen molar-refractivity contribution < 1.29 is 4.74 Å². The molecule has 2 aromatic rings. The van der Waals surface area contributed by atoms with E-state index in [-0.39, 0.29) is 0 Å². The number of unbranched alkanes of at least 4 members (excludes halogenated alkanes) is 1. The number of aryl methyl sites for hydroxylation is 1. The second kappa shape index (κ2) is 5.60. The zero-order valence-corrected chi connectivity index (χ0v) is 10.2. The molecule has 0 aliphatic rings. The molecule has 3 nitrogen and oxygen atoms in total. The lowest BCUT2D eigenvalue weighted by molar-refractivity contribution is 0.508. The molecular weight excluding hydrogens is 236 g/mol. The van der Waals surface area contributed by atoms with E-state index in [9.17, 15) is 0 Å². The zero-order chi connectivity index (χ0) is 12.1. The van der Waals surface area contributed by atoms with Crippen LogP contribution < -0.4 is 4.74 Å². The van der Waals surface area contributed by atoms with Gasteiger partial charge in [-0.15, -0.1) is 16.9 Å². The first-order valence-electron chi connectivity index (χ1n) is 5.56. The summed E-state index contributed by atoms with van der Waals surface area (Å²) >= 11 is 5.66. The van der Waals surface area contributed by atoms with E-state index in [2.05, 4.69) is 10.8 Å². The third-order valence-electron chi connectivity index (χ3n) is 2.69. The minimum Gasteiger partial charge on any atom is -0.388 e. The van der Waals surface area contributed by atoms with E-state index >= 15 is 0 Å². The number of rotatable bonds is 5. The van der Waals surface area contributed by atoms with Crippen molar-refractivity contribution in [2.75, 3.05) is 5.88 Å². The van der Waals surface area contributed by atoms with Gasteiger partial charge in [0.05, 0.1) is 0 Å². The number of nitriles is 1. The number of aromatic nitrogens is 1. The first-order valence-corrected chi connectivity index (χ1v) is 6.09. The zero-order valence-electron chi connectivity index (χ0n) is 9.40. The minimum absolute atomic E-state index is 0.582. The number of benzene rings is 1. The highest BCUT2D eigenvalue weighted by atomic mass is 35.5. The van der Waals surface area contributed by atoms with Crippen molar-refractivity contribution in [3.8, 4) is 12.0 Å². The summed E-state index contributed by atoms with van der Waals surface area (Å²) in [6.45, 7) is 0.967. The van der Waals surface area contributed by atoms with Crippen LogP contribution in [0.4, 0.5) is 0 Å². The van der Waals surface area contributed by atoms with Crippen molar-refractivity contribution in [2.45, 2.75) is 19.4 Å². The normalized spacial score (nSPS) is 10.4. The molecule has 0 radical (unpaired) electrons. The van der Waals surface area contributed by atoms with Gasteiger partial charge in [0, 0.05) is 29.5 Å². The molecule has 0 spiro atoms. The Balaban J connectivity index is 2.20. The number of hydrogen-bond donors (Lipinski definition) is 0. The minimum atomic E-state index is 0.582. The molecule has 2 rings (SSSR count). The van der Waals surface area contributed by atoms with Crippen LogP contribution in [0.5, 0.6) is 5.75 Å². The number of fused-ring (bicyclic) bond motifs is 1. The van der Waals surface area contributed by atoms with E-state index in [0.29, 0.717) is 11.6 Å². The molecule has 0 saturated carbocycles. The van der Waals surface area contributed by atoms with E-state index in [1.807, 2.05) is 24.3 Å². The Hall–Kier alpha value is -1.66. The van der Waals surface area contributed by atoms with Crippen molar-refractivity contribution in [3.05, 3.63) is 30.5 Å². The smallest absolute Gasteiger partial charge is 0.292 e. The number of ether oxygens (including phenoxy) is 1. The molecule has 0 fully saturated rings. The van der Waals surface area contributed by atoms with E-state index in [1.54, 1.807) is 6.26 Å². The van der Waals surface area contributed by atoms with Crippen molar-refractivity contribution >= 4 is 22.5 Å². The molecule has 0 amide bonds. The Labute approximate surface area is 105 Å². The van der Waals surface area contributed by atoms with Crippen LogP contribution in [0.2, 0.25) is 0 Å². The molecule has 1 aromatic carbocycles. The fourth-order valence-electron chi connectivity index (χ4n) is 1.87. The summed E-state index contributed by atoms with van der Waals surface area (Å²) in [5.74, 6) is 1.29. The Kier molecular flexibility index (Phi) is 3.89. The Morgan fingerprint density at radius 1 is 1.29 bits per heavy atom. The molecule has 0 atom stereocenters. The molecular formula is C13H13ClN2O. The quantitative estimate of drug-likeness (QED) is 0.461. The average molecular weight is 249 g/mol. The van der Waals surface area contributed by atoms with Crippen molar-refractivity contribution in [1.82, 2.24) is 4.57 Å². The fraction of sp³-hybridized carbons (Fsp3) is 0.308.